The number of hydrogen-bond donors (Lipinski definition) is 1. The molecule has 0 atom stereocenters. The number of carbonyl (C=O) groups is 2. The highest BCUT2D eigenvalue weighted by Gasteiger charge is 2.38. The molecule has 1 fully saturated rings. The number of nitrogens with zero attached hydrogens (tertiary/aromatic N) is 1. The number of carbonyl (C=O) groups excluding carboxylic acids is 2. The lowest BCUT2D eigenvalue weighted by atomic mass is 9.88. The molecule has 1 rings (SSSR count). The predicted molar refractivity (Wildman–Crippen MR) is 80.0 cm³/mol. The van der Waals surface area contributed by atoms with Crippen LogP contribution in [0.25, 0.3) is 0 Å². The summed E-state index contributed by atoms with van der Waals surface area (Å²) in [7, 11) is 1.60. The summed E-state index contributed by atoms with van der Waals surface area (Å²) in [6.07, 6.45) is 2.18. The van der Waals surface area contributed by atoms with Crippen LogP contribution < -0.4 is 5.32 Å². The first kappa shape index (κ1) is 17.5. The van der Waals surface area contributed by atoms with Crippen LogP contribution in [-0.4, -0.2) is 54.8 Å². The molecule has 1 N–H and O–H groups in total. The summed E-state index contributed by atoms with van der Waals surface area (Å²) < 4.78 is 10.6. The van der Waals surface area contributed by atoms with Crippen molar-refractivity contribution in [1.82, 2.24) is 10.2 Å². The Kier molecular flexibility index (Phi) is 5.78. The van der Waals surface area contributed by atoms with E-state index in [2.05, 4.69) is 11.9 Å². The molecule has 1 heterocycles. The maximum atomic E-state index is 12.0. The third-order valence-electron chi connectivity index (χ3n) is 3.37. The molecule has 0 aromatic carbocycles. The minimum atomic E-state index is -0.505. The second-order valence-electron chi connectivity index (χ2n) is 6.37. The zero-order valence-corrected chi connectivity index (χ0v) is 13.4. The van der Waals surface area contributed by atoms with Gasteiger partial charge in [0.15, 0.2) is 0 Å². The number of piperidine rings is 1. The third-order valence-corrected chi connectivity index (χ3v) is 3.37. The van der Waals surface area contributed by atoms with Crippen molar-refractivity contribution >= 4 is 12.0 Å². The molecule has 21 heavy (non-hydrogen) atoms. The summed E-state index contributed by atoms with van der Waals surface area (Å²) in [6.45, 7) is 10.4. The van der Waals surface area contributed by atoms with Gasteiger partial charge in [-0.1, -0.05) is 6.58 Å². The molecule has 0 saturated carbocycles. The van der Waals surface area contributed by atoms with E-state index in [9.17, 15) is 9.59 Å². The Bertz CT molecular complexity index is 393. The molecular formula is C15H26N2O4. The van der Waals surface area contributed by atoms with Crippen molar-refractivity contribution in [1.29, 1.82) is 0 Å². The molecule has 6 nitrogen and oxygen atoms in total. The molecule has 6 heteroatoms. The van der Waals surface area contributed by atoms with Gasteiger partial charge < -0.3 is 19.7 Å². The molecule has 120 valence electrons. The van der Waals surface area contributed by atoms with Crippen molar-refractivity contribution in [3.63, 3.8) is 0 Å². The van der Waals surface area contributed by atoms with Gasteiger partial charge in [-0.15, -0.1) is 0 Å². The molecular weight excluding hydrogens is 272 g/mol. The van der Waals surface area contributed by atoms with E-state index >= 15 is 0 Å². The van der Waals surface area contributed by atoms with Crippen LogP contribution in [0.4, 0.5) is 4.79 Å². The lowest BCUT2D eigenvalue weighted by Gasteiger charge is -2.41. The molecule has 0 aromatic heterocycles. The van der Waals surface area contributed by atoms with Gasteiger partial charge in [-0.25, -0.2) is 4.79 Å². The van der Waals surface area contributed by atoms with Gasteiger partial charge in [-0.3, -0.25) is 4.79 Å². The average molecular weight is 298 g/mol. The first-order valence-corrected chi connectivity index (χ1v) is 7.13. The molecule has 1 aliphatic rings. The Hall–Kier alpha value is -1.56. The zero-order valence-electron chi connectivity index (χ0n) is 13.4. The van der Waals surface area contributed by atoms with Gasteiger partial charge in [-0.05, 0) is 39.7 Å². The number of nitrogens with one attached hydrogen (secondary N) is 1. The van der Waals surface area contributed by atoms with E-state index in [4.69, 9.17) is 9.47 Å². The number of rotatable bonds is 4. The normalized spacial score (nSPS) is 18.0. The van der Waals surface area contributed by atoms with Crippen LogP contribution in [0.2, 0.25) is 0 Å². The summed E-state index contributed by atoms with van der Waals surface area (Å²) in [6, 6.07) is 0. The fourth-order valence-corrected chi connectivity index (χ4v) is 2.34. The molecule has 0 aromatic rings. The topological polar surface area (TPSA) is 67.9 Å². The van der Waals surface area contributed by atoms with E-state index < -0.39 is 11.1 Å². The Morgan fingerprint density at radius 1 is 1.33 bits per heavy atom. The molecule has 0 spiro atoms. The van der Waals surface area contributed by atoms with Gasteiger partial charge in [0.05, 0.1) is 12.1 Å². The molecule has 2 amide bonds. The zero-order chi connectivity index (χ0) is 16.1. The van der Waals surface area contributed by atoms with Crippen molar-refractivity contribution < 1.29 is 19.1 Å². The number of ether oxygens (including phenoxy) is 2. The number of likely N-dealkylation sites (tertiary alicyclic amines) is 1. The van der Waals surface area contributed by atoms with Crippen molar-refractivity contribution in [3.8, 4) is 0 Å². The summed E-state index contributed by atoms with van der Waals surface area (Å²) in [4.78, 5) is 25.3. The SMILES string of the molecule is C=CC(=O)NC1(COC)CCN(C(=O)OC(C)(C)C)CC1. The molecule has 1 saturated heterocycles. The lowest BCUT2D eigenvalue weighted by Crippen LogP contribution is -2.58. The predicted octanol–water partition coefficient (Wildman–Crippen LogP) is 1.70. The fraction of sp³-hybridized carbons (Fsp3) is 0.733. The Morgan fingerprint density at radius 3 is 2.33 bits per heavy atom. The van der Waals surface area contributed by atoms with Crippen LogP contribution in [-0.2, 0) is 14.3 Å². The van der Waals surface area contributed by atoms with Crippen molar-refractivity contribution in [3.05, 3.63) is 12.7 Å². The minimum absolute atomic E-state index is 0.224. The monoisotopic (exact) mass is 298 g/mol. The summed E-state index contributed by atoms with van der Waals surface area (Å²) >= 11 is 0. The van der Waals surface area contributed by atoms with Crippen LogP contribution in [0, 0.1) is 0 Å². The van der Waals surface area contributed by atoms with E-state index in [1.807, 2.05) is 20.8 Å². The number of hydrogen-bond acceptors (Lipinski definition) is 4. The smallest absolute Gasteiger partial charge is 0.410 e. The third kappa shape index (κ3) is 5.38. The van der Waals surface area contributed by atoms with Crippen LogP contribution in [0.5, 0.6) is 0 Å². The van der Waals surface area contributed by atoms with Gasteiger partial charge in [0.2, 0.25) is 5.91 Å². The van der Waals surface area contributed by atoms with E-state index in [1.54, 1.807) is 12.0 Å². The minimum Gasteiger partial charge on any atom is -0.444 e. The number of methoxy groups -OCH3 is 1. The van der Waals surface area contributed by atoms with Crippen molar-refractivity contribution in [2.24, 2.45) is 0 Å². The van der Waals surface area contributed by atoms with Crippen molar-refractivity contribution in [2.75, 3.05) is 26.8 Å². The van der Waals surface area contributed by atoms with Crippen molar-refractivity contribution in [2.45, 2.75) is 44.8 Å². The van der Waals surface area contributed by atoms with E-state index in [1.165, 1.54) is 6.08 Å². The highest BCUT2D eigenvalue weighted by atomic mass is 16.6. The Labute approximate surface area is 126 Å². The lowest BCUT2D eigenvalue weighted by molar-refractivity contribution is -0.119. The first-order chi connectivity index (χ1) is 9.71. The molecule has 0 radical (unpaired) electrons. The quantitative estimate of drug-likeness (QED) is 0.802. The summed E-state index contributed by atoms with van der Waals surface area (Å²) in [5.41, 5.74) is -0.951. The van der Waals surface area contributed by atoms with Crippen LogP contribution in [0.15, 0.2) is 12.7 Å². The standard InChI is InChI=1S/C15H26N2O4/c1-6-12(18)16-15(11-20-5)7-9-17(10-8-15)13(19)21-14(2,3)4/h6H,1,7-11H2,2-5H3,(H,16,18). The van der Waals surface area contributed by atoms with Crippen LogP contribution in [0.1, 0.15) is 33.6 Å². The number of amides is 2. The highest BCUT2D eigenvalue weighted by molar-refractivity contribution is 5.87. The Balaban J connectivity index is 2.63. The van der Waals surface area contributed by atoms with Crippen LogP contribution in [0.3, 0.4) is 0 Å². The van der Waals surface area contributed by atoms with E-state index in [0.29, 0.717) is 32.5 Å². The fourth-order valence-electron chi connectivity index (χ4n) is 2.34. The van der Waals surface area contributed by atoms with Gasteiger partial charge >= 0.3 is 6.09 Å². The Morgan fingerprint density at radius 2 is 1.90 bits per heavy atom. The second kappa shape index (κ2) is 6.93. The van der Waals surface area contributed by atoms with Crippen LogP contribution >= 0.6 is 0 Å². The average Bonchev–Trinajstić information content (AvgIpc) is 2.37. The second-order valence-corrected chi connectivity index (χ2v) is 6.37. The van der Waals surface area contributed by atoms with Gasteiger partial charge in [0, 0.05) is 20.2 Å². The molecule has 0 aliphatic carbocycles. The largest absolute Gasteiger partial charge is 0.444 e. The maximum absolute atomic E-state index is 12.0. The van der Waals surface area contributed by atoms with Gasteiger partial charge in [-0.2, -0.15) is 0 Å². The molecule has 0 unspecified atom stereocenters. The first-order valence-electron chi connectivity index (χ1n) is 7.13. The summed E-state index contributed by atoms with van der Waals surface area (Å²) in [5, 5.41) is 2.93. The highest BCUT2D eigenvalue weighted by Crippen LogP contribution is 2.24. The van der Waals surface area contributed by atoms with E-state index in [-0.39, 0.29) is 12.0 Å². The van der Waals surface area contributed by atoms with Gasteiger partial charge in [0.1, 0.15) is 5.60 Å². The van der Waals surface area contributed by atoms with Gasteiger partial charge in [0.25, 0.3) is 0 Å². The molecule has 1 aliphatic heterocycles. The molecule has 0 bridgehead atoms. The maximum Gasteiger partial charge on any atom is 0.410 e. The van der Waals surface area contributed by atoms with E-state index in [0.717, 1.165) is 0 Å². The summed E-state index contributed by atoms with van der Waals surface area (Å²) in [5.74, 6) is -0.224.